The molecule has 0 fully saturated rings. The Morgan fingerprint density at radius 2 is 0.652 bits per heavy atom. The molecule has 442 valence electrons. The normalized spacial score (nSPS) is 13.0. The molecule has 14 aromatic rings. The van der Waals surface area contributed by atoms with Gasteiger partial charge in [0.15, 0.2) is 16.1 Å². The second-order valence-corrected chi connectivity index (χ2v) is 34.8. The Balaban J connectivity index is 1.06. The van der Waals surface area contributed by atoms with Crippen molar-refractivity contribution in [2.45, 2.75) is 52.4 Å². The molecule has 2 aliphatic heterocycles. The molecule has 1 aromatic heterocycles. The SMILES string of the molecule is CC(C)(C)c1ccc2c(c1)c1cc(C(C)(C)C)ccc1n2-c1cc2c3c(c1)N(c1ccccc1[Si](c1ccccc1)(c1ccccc1)c1ccccc1)c1ccccc1B3c1ccc([Si](c3ccccc3)(c3ccccc3)c3ccccc3)cc1N2c1ccccc1. The standard InChI is InChI=1S/C86H72BN3Si2/c1-85(2,3)61-50-54-76-72(56-61)73-57-62(86(4,5)6)51-55-77(73)89(76)64-58-81-84-82(59-64)90(79-48-30-31-49-83(79)92(68-40-22-11-23-41-68,69-42-24-12-25-43-69)70-44-26-13-27-45-70)78-47-29-28-46-74(78)87(84)75-53-52-71(60-80(75)88(81)63-32-14-7-15-33-63)91(65-34-16-8-17-35-65,66-36-18-9-19-37-66)67-38-20-10-21-39-67/h7-60H,1-6H3. The van der Waals surface area contributed by atoms with Crippen LogP contribution in [0.2, 0.25) is 0 Å². The molecule has 0 radical (unpaired) electrons. The molecule has 16 rings (SSSR count). The summed E-state index contributed by atoms with van der Waals surface area (Å²) in [5, 5.41) is 13.2. The average Bonchev–Trinajstić information content (AvgIpc) is 0.803. The first-order valence-corrected chi connectivity index (χ1v) is 36.5. The van der Waals surface area contributed by atoms with Crippen LogP contribution in [0.25, 0.3) is 27.5 Å². The number of hydrogen-bond donors (Lipinski definition) is 0. The molecule has 2 aliphatic rings. The van der Waals surface area contributed by atoms with Gasteiger partial charge in [0.2, 0.25) is 0 Å². The maximum atomic E-state index is 2.68. The van der Waals surface area contributed by atoms with Gasteiger partial charge in [0.25, 0.3) is 6.71 Å². The van der Waals surface area contributed by atoms with Crippen LogP contribution in [0.4, 0.5) is 34.1 Å². The second kappa shape index (κ2) is 22.3. The molecule has 0 saturated carbocycles. The largest absolute Gasteiger partial charge is 0.311 e. The van der Waals surface area contributed by atoms with Crippen LogP contribution in [0.3, 0.4) is 0 Å². The number of para-hydroxylation sites is 3. The number of hydrogen-bond acceptors (Lipinski definition) is 2. The van der Waals surface area contributed by atoms with Gasteiger partial charge in [-0.05, 0) is 147 Å². The van der Waals surface area contributed by atoms with Gasteiger partial charge in [-0.15, -0.1) is 0 Å². The fourth-order valence-electron chi connectivity index (χ4n) is 15.7. The highest BCUT2D eigenvalue weighted by molar-refractivity contribution is 7.21. The highest BCUT2D eigenvalue weighted by Crippen LogP contribution is 2.47. The number of fused-ring (bicyclic) bond motifs is 7. The predicted molar refractivity (Wildman–Crippen MR) is 399 cm³/mol. The summed E-state index contributed by atoms with van der Waals surface area (Å²) in [6.07, 6.45) is 0. The van der Waals surface area contributed by atoms with E-state index in [0.717, 1.165) is 22.7 Å². The molecule has 92 heavy (non-hydrogen) atoms. The first kappa shape index (κ1) is 57.0. The zero-order chi connectivity index (χ0) is 62.3. The molecule has 0 amide bonds. The van der Waals surface area contributed by atoms with E-state index in [1.54, 1.807) is 0 Å². The van der Waals surface area contributed by atoms with Crippen LogP contribution in [0.5, 0.6) is 0 Å². The molecule has 6 heteroatoms. The van der Waals surface area contributed by atoms with Crippen LogP contribution in [0, 0.1) is 0 Å². The summed E-state index contributed by atoms with van der Waals surface area (Å²) in [6, 6.07) is 126. The minimum absolute atomic E-state index is 0.0568. The summed E-state index contributed by atoms with van der Waals surface area (Å²) >= 11 is 0. The molecule has 3 nitrogen and oxygen atoms in total. The highest BCUT2D eigenvalue weighted by atomic mass is 28.3. The Kier molecular flexibility index (Phi) is 13.8. The number of benzene rings is 13. The first-order chi connectivity index (χ1) is 44.9. The van der Waals surface area contributed by atoms with E-state index >= 15 is 0 Å². The molecule has 0 aliphatic carbocycles. The third kappa shape index (κ3) is 8.98. The summed E-state index contributed by atoms with van der Waals surface area (Å²) in [7, 11) is -6.20. The van der Waals surface area contributed by atoms with Gasteiger partial charge < -0.3 is 14.4 Å². The fourth-order valence-corrected chi connectivity index (χ4v) is 25.4. The minimum atomic E-state index is -3.16. The van der Waals surface area contributed by atoms with E-state index in [1.807, 2.05) is 0 Å². The molecule has 0 unspecified atom stereocenters. The fraction of sp³-hybridized carbons (Fsp3) is 0.0930. The van der Waals surface area contributed by atoms with Crippen molar-refractivity contribution in [3.05, 3.63) is 339 Å². The van der Waals surface area contributed by atoms with Crippen molar-refractivity contribution in [1.82, 2.24) is 4.57 Å². The van der Waals surface area contributed by atoms with Crippen molar-refractivity contribution >= 4 is 137 Å². The third-order valence-corrected chi connectivity index (χ3v) is 29.6. The van der Waals surface area contributed by atoms with Crippen LogP contribution in [0.1, 0.15) is 52.7 Å². The predicted octanol–water partition coefficient (Wildman–Crippen LogP) is 14.2. The van der Waals surface area contributed by atoms with E-state index in [4.69, 9.17) is 0 Å². The van der Waals surface area contributed by atoms with E-state index in [2.05, 4.69) is 383 Å². The van der Waals surface area contributed by atoms with Crippen molar-refractivity contribution < 1.29 is 0 Å². The summed E-state index contributed by atoms with van der Waals surface area (Å²) in [4.78, 5) is 5.32. The van der Waals surface area contributed by atoms with Gasteiger partial charge in [-0.3, -0.25) is 0 Å². The zero-order valence-electron chi connectivity index (χ0n) is 53.1. The van der Waals surface area contributed by atoms with E-state index < -0.39 is 16.1 Å². The zero-order valence-corrected chi connectivity index (χ0v) is 55.1. The maximum Gasteiger partial charge on any atom is 0.252 e. The van der Waals surface area contributed by atoms with Crippen LogP contribution in [-0.4, -0.2) is 27.4 Å². The Morgan fingerprint density at radius 3 is 1.11 bits per heavy atom. The molecular formula is C86H72BN3Si2. The van der Waals surface area contributed by atoms with Crippen molar-refractivity contribution in [2.24, 2.45) is 0 Å². The van der Waals surface area contributed by atoms with Gasteiger partial charge >= 0.3 is 0 Å². The van der Waals surface area contributed by atoms with E-state index in [-0.39, 0.29) is 17.5 Å². The molecule has 0 saturated heterocycles. The van der Waals surface area contributed by atoms with Gasteiger partial charge in [-0.2, -0.15) is 0 Å². The maximum absolute atomic E-state index is 3.16. The smallest absolute Gasteiger partial charge is 0.252 e. The lowest BCUT2D eigenvalue weighted by Gasteiger charge is -2.46. The quantitative estimate of drug-likeness (QED) is 0.0945. The topological polar surface area (TPSA) is 11.4 Å². The minimum Gasteiger partial charge on any atom is -0.311 e. The third-order valence-electron chi connectivity index (χ3n) is 20.0. The van der Waals surface area contributed by atoms with E-state index in [0.29, 0.717) is 0 Å². The lowest BCUT2D eigenvalue weighted by molar-refractivity contribution is 0.590. The van der Waals surface area contributed by atoms with Crippen molar-refractivity contribution in [1.29, 1.82) is 0 Å². The summed E-state index contributed by atoms with van der Waals surface area (Å²) in [5.41, 5.74) is 16.8. The lowest BCUT2D eigenvalue weighted by Crippen LogP contribution is -2.75. The molecule has 0 bridgehead atoms. The van der Waals surface area contributed by atoms with Gasteiger partial charge in [0.1, 0.15) is 0 Å². The Hall–Kier alpha value is -10.2. The van der Waals surface area contributed by atoms with E-state index in [9.17, 15) is 0 Å². The van der Waals surface area contributed by atoms with Crippen molar-refractivity contribution in [3.8, 4) is 5.69 Å². The molecule has 0 N–H and O–H groups in total. The molecule has 0 atom stereocenters. The molecule has 0 spiro atoms. The molecule has 13 aromatic carbocycles. The summed E-state index contributed by atoms with van der Waals surface area (Å²) in [5.74, 6) is 0. The number of anilines is 6. The van der Waals surface area contributed by atoms with Crippen molar-refractivity contribution in [3.63, 3.8) is 0 Å². The Bertz CT molecular complexity index is 4800. The van der Waals surface area contributed by atoms with Crippen molar-refractivity contribution in [2.75, 3.05) is 9.80 Å². The van der Waals surface area contributed by atoms with Gasteiger partial charge in [-0.1, -0.05) is 302 Å². The lowest BCUT2D eigenvalue weighted by atomic mass is 9.33. The first-order valence-electron chi connectivity index (χ1n) is 32.5. The Labute approximate surface area is 544 Å². The monoisotopic (exact) mass is 1210 g/mol. The van der Waals surface area contributed by atoms with Crippen LogP contribution >= 0.6 is 0 Å². The van der Waals surface area contributed by atoms with Gasteiger partial charge in [-0.25, -0.2) is 0 Å². The van der Waals surface area contributed by atoms with Gasteiger partial charge in [0.05, 0.1) is 16.7 Å². The average molecular weight is 1210 g/mol. The highest BCUT2D eigenvalue weighted by Gasteiger charge is 2.49. The van der Waals surface area contributed by atoms with Crippen LogP contribution in [0.15, 0.2) is 328 Å². The number of nitrogens with zero attached hydrogens (tertiary/aromatic N) is 3. The summed E-state index contributed by atoms with van der Waals surface area (Å²) in [6.45, 7) is 13.9. The van der Waals surface area contributed by atoms with Gasteiger partial charge in [0, 0.05) is 44.9 Å². The second-order valence-electron chi connectivity index (χ2n) is 27.2. The van der Waals surface area contributed by atoms with Crippen LogP contribution in [-0.2, 0) is 10.8 Å². The molecule has 3 heterocycles. The van der Waals surface area contributed by atoms with Crippen LogP contribution < -0.4 is 67.7 Å². The molecular weight excluding hydrogens is 1140 g/mol. The van der Waals surface area contributed by atoms with E-state index in [1.165, 1.54) is 108 Å². The number of aromatic nitrogens is 1. The number of rotatable bonds is 11. The Morgan fingerprint density at radius 1 is 0.272 bits per heavy atom. The summed E-state index contributed by atoms with van der Waals surface area (Å²) < 4.78 is 2.59.